The predicted molar refractivity (Wildman–Crippen MR) is 20.7 cm³/mol. The number of hydrogen-bond acceptors (Lipinski definition) is 3. The van der Waals surface area contributed by atoms with Crippen LogP contribution >= 0.6 is 11.6 Å². The topological polar surface area (TPSA) is 56.4 Å². The van der Waals surface area contributed by atoms with Gasteiger partial charge < -0.3 is 5.21 Å². The molecule has 3 nitrogen and oxygen atoms in total. The van der Waals surface area contributed by atoms with Gasteiger partial charge in [-0.15, -0.1) is 0 Å². The number of hydrogen-bond donors (Lipinski definition) is 1. The lowest BCUT2D eigenvalue weighted by atomic mass is 10.9. The van der Waals surface area contributed by atoms with Gasteiger partial charge in [-0.3, -0.25) is 0 Å². The van der Waals surface area contributed by atoms with E-state index in [9.17, 15) is 0 Å². The van der Waals surface area contributed by atoms with Crippen molar-refractivity contribution in [1.29, 1.82) is 5.26 Å². The van der Waals surface area contributed by atoms with Crippen molar-refractivity contribution >= 4 is 16.8 Å². The fourth-order valence-corrected chi connectivity index (χ4v) is 0.0224. The summed E-state index contributed by atoms with van der Waals surface area (Å²) in [6.07, 6.45) is 0. The average molecular weight is 104 g/mol. The van der Waals surface area contributed by atoms with Gasteiger partial charge in [0.2, 0.25) is 5.17 Å². The van der Waals surface area contributed by atoms with Crippen molar-refractivity contribution in [2.45, 2.75) is 0 Å². The van der Waals surface area contributed by atoms with Gasteiger partial charge in [-0.1, -0.05) is 5.16 Å². The molecule has 0 bridgehead atoms. The van der Waals surface area contributed by atoms with Crippen LogP contribution in [0.2, 0.25) is 0 Å². The summed E-state index contributed by atoms with van der Waals surface area (Å²) in [6, 6.07) is 1.38. The summed E-state index contributed by atoms with van der Waals surface area (Å²) in [5, 5.41) is 17.1. The van der Waals surface area contributed by atoms with E-state index >= 15 is 0 Å². The third kappa shape index (κ3) is 1.56. The Morgan fingerprint density at radius 1 is 2.00 bits per heavy atom. The summed E-state index contributed by atoms with van der Waals surface area (Å²) in [6.45, 7) is 0. The molecule has 0 saturated heterocycles. The van der Waals surface area contributed by atoms with Crippen LogP contribution in [0.1, 0.15) is 0 Å². The Balaban J connectivity index is 3.61. The summed E-state index contributed by atoms with van der Waals surface area (Å²) in [5.41, 5.74) is 0. The first-order valence-electron chi connectivity index (χ1n) is 1.09. The second-order valence-electron chi connectivity index (χ2n) is 0.503. The van der Waals surface area contributed by atoms with E-state index in [2.05, 4.69) is 5.16 Å². The Morgan fingerprint density at radius 3 is 2.50 bits per heavy atom. The van der Waals surface area contributed by atoms with Crippen LogP contribution in [0.3, 0.4) is 0 Å². The van der Waals surface area contributed by atoms with Crippen molar-refractivity contribution in [3.8, 4) is 6.07 Å². The Kier molecular flexibility index (Phi) is 2.17. The molecule has 0 fully saturated rings. The van der Waals surface area contributed by atoms with Gasteiger partial charge in [0.1, 0.15) is 6.07 Å². The number of oxime groups is 1. The van der Waals surface area contributed by atoms with E-state index < -0.39 is 5.17 Å². The van der Waals surface area contributed by atoms with E-state index in [1.54, 1.807) is 0 Å². The molecule has 0 saturated carbocycles. The van der Waals surface area contributed by atoms with E-state index in [0.29, 0.717) is 0 Å². The number of halogens is 1. The third-order valence-electron chi connectivity index (χ3n) is 0.180. The van der Waals surface area contributed by atoms with E-state index in [-0.39, 0.29) is 0 Å². The minimum absolute atomic E-state index is 0.449. The first kappa shape index (κ1) is 5.25. The van der Waals surface area contributed by atoms with Crippen LogP contribution in [0.4, 0.5) is 0 Å². The molecular weight excluding hydrogens is 103 g/mol. The second-order valence-corrected chi connectivity index (χ2v) is 0.861. The van der Waals surface area contributed by atoms with Crippen molar-refractivity contribution < 1.29 is 5.21 Å². The molecule has 0 aliphatic carbocycles. The zero-order chi connectivity index (χ0) is 4.99. The highest BCUT2D eigenvalue weighted by Gasteiger charge is 1.81. The molecule has 0 aliphatic rings. The zero-order valence-electron chi connectivity index (χ0n) is 2.72. The average Bonchev–Trinajstić information content (AvgIpc) is 1.65. The molecule has 0 rings (SSSR count). The van der Waals surface area contributed by atoms with Crippen LogP contribution in [0.25, 0.3) is 0 Å². The number of nitrogens with zero attached hydrogens (tertiary/aromatic N) is 2. The van der Waals surface area contributed by atoms with Gasteiger partial charge in [-0.05, 0) is 11.6 Å². The molecule has 6 heavy (non-hydrogen) atoms. The quantitative estimate of drug-likeness (QED) is 0.277. The monoisotopic (exact) mass is 104 g/mol. The van der Waals surface area contributed by atoms with Gasteiger partial charge >= 0.3 is 0 Å². The van der Waals surface area contributed by atoms with Gasteiger partial charge in [0.25, 0.3) is 0 Å². The van der Waals surface area contributed by atoms with Crippen LogP contribution in [-0.2, 0) is 0 Å². The maximum Gasteiger partial charge on any atom is 0.245 e. The minimum Gasteiger partial charge on any atom is -0.409 e. The fourth-order valence-electron chi connectivity index (χ4n) is 0.0224. The zero-order valence-corrected chi connectivity index (χ0v) is 3.48. The maximum absolute atomic E-state index is 7.66. The first-order chi connectivity index (χ1) is 2.81. The molecule has 0 aliphatic heterocycles. The fraction of sp³-hybridized carbons (Fsp3) is 0. The highest BCUT2D eigenvalue weighted by Crippen LogP contribution is 1.76. The van der Waals surface area contributed by atoms with Crippen LogP contribution in [0, 0.1) is 11.3 Å². The lowest BCUT2D eigenvalue weighted by molar-refractivity contribution is 0.321. The van der Waals surface area contributed by atoms with Gasteiger partial charge in [-0.2, -0.15) is 5.26 Å². The molecule has 0 spiro atoms. The van der Waals surface area contributed by atoms with Gasteiger partial charge in [0.15, 0.2) is 0 Å². The van der Waals surface area contributed by atoms with Gasteiger partial charge in [0, 0.05) is 0 Å². The summed E-state index contributed by atoms with van der Waals surface area (Å²) in [4.78, 5) is 0. The Hall–Kier alpha value is -0.750. The number of nitriles is 1. The molecule has 0 aromatic carbocycles. The standard InChI is InChI=1S/C2HClN2O/c3-2(1-4)5-6/h6H/b5-2-. The van der Waals surface area contributed by atoms with Crippen molar-refractivity contribution in [1.82, 2.24) is 0 Å². The molecule has 0 aromatic rings. The largest absolute Gasteiger partial charge is 0.409 e. The molecule has 4 heteroatoms. The summed E-state index contributed by atoms with van der Waals surface area (Å²) in [5.74, 6) is 0. The van der Waals surface area contributed by atoms with E-state index in [0.717, 1.165) is 0 Å². The molecule has 0 heterocycles. The van der Waals surface area contributed by atoms with Crippen LogP contribution < -0.4 is 0 Å². The highest BCUT2D eigenvalue weighted by molar-refractivity contribution is 6.69. The number of rotatable bonds is 0. The van der Waals surface area contributed by atoms with Gasteiger partial charge in [0.05, 0.1) is 0 Å². The predicted octanol–water partition coefficient (Wildman–Crippen LogP) is 0.536. The normalized spacial score (nSPS) is 10.3. The molecule has 0 amide bonds. The summed E-state index contributed by atoms with van der Waals surface area (Å²) < 4.78 is 0. The molecule has 0 radical (unpaired) electrons. The summed E-state index contributed by atoms with van der Waals surface area (Å²) in [7, 11) is 0. The van der Waals surface area contributed by atoms with Crippen molar-refractivity contribution in [2.24, 2.45) is 5.16 Å². The summed E-state index contributed by atoms with van der Waals surface area (Å²) >= 11 is 4.79. The van der Waals surface area contributed by atoms with Crippen LogP contribution in [-0.4, -0.2) is 10.4 Å². The maximum atomic E-state index is 7.66. The van der Waals surface area contributed by atoms with E-state index in [1.807, 2.05) is 0 Å². The smallest absolute Gasteiger partial charge is 0.245 e. The lowest BCUT2D eigenvalue weighted by Crippen LogP contribution is -1.74. The molecule has 0 aromatic heterocycles. The van der Waals surface area contributed by atoms with E-state index in [4.69, 9.17) is 22.1 Å². The first-order valence-corrected chi connectivity index (χ1v) is 1.46. The molecule has 1 N–H and O–H groups in total. The minimum atomic E-state index is -0.449. The van der Waals surface area contributed by atoms with Crippen molar-refractivity contribution in [2.75, 3.05) is 0 Å². The molecular formula is C2HClN2O. The highest BCUT2D eigenvalue weighted by atomic mass is 35.5. The molecule has 0 unspecified atom stereocenters. The van der Waals surface area contributed by atoms with Crippen LogP contribution in [0.5, 0.6) is 0 Å². The molecule has 32 valence electrons. The Labute approximate surface area is 39.4 Å². The SMILES string of the molecule is N#C/C(Cl)=N/O. The van der Waals surface area contributed by atoms with E-state index in [1.165, 1.54) is 6.07 Å². The molecule has 0 atom stereocenters. The second kappa shape index (κ2) is 2.49. The Bertz CT molecular complexity index is 103. The van der Waals surface area contributed by atoms with Crippen molar-refractivity contribution in [3.63, 3.8) is 0 Å². The van der Waals surface area contributed by atoms with Crippen LogP contribution in [0.15, 0.2) is 5.16 Å². The van der Waals surface area contributed by atoms with Gasteiger partial charge in [-0.25, -0.2) is 0 Å². The lowest BCUT2D eigenvalue weighted by Gasteiger charge is -1.65. The Morgan fingerprint density at radius 2 is 2.50 bits per heavy atom. The third-order valence-corrected chi connectivity index (χ3v) is 0.340. The van der Waals surface area contributed by atoms with Crippen molar-refractivity contribution in [3.05, 3.63) is 0 Å².